The predicted octanol–water partition coefficient (Wildman–Crippen LogP) is 2.93. The average Bonchev–Trinajstić information content (AvgIpc) is 3.00. The molecule has 1 aromatic carbocycles. The SMILES string of the molecule is Cc1ccc(C(=O)O[C@@H](C)C(=O)Nc2ccc(S(=O)(=O)NC(C)C)cc2)s1. The number of ether oxygens (including phenoxy) is 1. The molecule has 1 atom stereocenters. The van der Waals surface area contributed by atoms with Crippen LogP contribution in [0.1, 0.15) is 35.3 Å². The van der Waals surface area contributed by atoms with Crippen molar-refractivity contribution in [2.24, 2.45) is 0 Å². The van der Waals surface area contributed by atoms with E-state index in [1.807, 2.05) is 6.92 Å². The highest BCUT2D eigenvalue weighted by Gasteiger charge is 2.20. The molecule has 0 saturated heterocycles. The first-order valence-electron chi connectivity index (χ1n) is 8.29. The lowest BCUT2D eigenvalue weighted by atomic mass is 10.3. The zero-order valence-electron chi connectivity index (χ0n) is 15.5. The second-order valence-electron chi connectivity index (χ2n) is 6.25. The molecule has 146 valence electrons. The first-order chi connectivity index (χ1) is 12.6. The van der Waals surface area contributed by atoms with Gasteiger partial charge in [0.1, 0.15) is 4.88 Å². The lowest BCUT2D eigenvalue weighted by Crippen LogP contribution is -2.30. The molecule has 0 saturated carbocycles. The van der Waals surface area contributed by atoms with E-state index in [9.17, 15) is 18.0 Å². The number of carbonyl (C=O) groups excluding carboxylic acids is 2. The van der Waals surface area contributed by atoms with E-state index < -0.39 is 28.0 Å². The van der Waals surface area contributed by atoms with E-state index in [4.69, 9.17) is 4.74 Å². The van der Waals surface area contributed by atoms with Crippen LogP contribution >= 0.6 is 11.3 Å². The topological polar surface area (TPSA) is 102 Å². The number of benzene rings is 1. The number of rotatable bonds is 7. The van der Waals surface area contributed by atoms with E-state index in [1.165, 1.54) is 42.5 Å². The Morgan fingerprint density at radius 1 is 1.04 bits per heavy atom. The molecule has 0 aliphatic rings. The van der Waals surface area contributed by atoms with Crippen LogP contribution in [0, 0.1) is 6.92 Å². The van der Waals surface area contributed by atoms with Crippen LogP contribution in [-0.2, 0) is 19.6 Å². The van der Waals surface area contributed by atoms with Crippen molar-refractivity contribution in [1.82, 2.24) is 4.72 Å². The summed E-state index contributed by atoms with van der Waals surface area (Å²) in [7, 11) is -3.60. The highest BCUT2D eigenvalue weighted by Crippen LogP contribution is 2.18. The van der Waals surface area contributed by atoms with Crippen molar-refractivity contribution in [1.29, 1.82) is 0 Å². The van der Waals surface area contributed by atoms with Crippen molar-refractivity contribution in [3.63, 3.8) is 0 Å². The summed E-state index contributed by atoms with van der Waals surface area (Å²) in [5.41, 5.74) is 0.401. The summed E-state index contributed by atoms with van der Waals surface area (Å²) in [5.74, 6) is -1.07. The van der Waals surface area contributed by atoms with Crippen molar-refractivity contribution < 1.29 is 22.7 Å². The van der Waals surface area contributed by atoms with Gasteiger partial charge in [0.15, 0.2) is 6.10 Å². The monoisotopic (exact) mass is 410 g/mol. The summed E-state index contributed by atoms with van der Waals surface area (Å²) in [4.78, 5) is 25.7. The first-order valence-corrected chi connectivity index (χ1v) is 10.6. The number of sulfonamides is 1. The Hall–Kier alpha value is -2.23. The lowest BCUT2D eigenvalue weighted by Gasteiger charge is -2.14. The van der Waals surface area contributed by atoms with Gasteiger partial charge >= 0.3 is 5.97 Å². The van der Waals surface area contributed by atoms with E-state index in [0.29, 0.717) is 10.6 Å². The van der Waals surface area contributed by atoms with Gasteiger partial charge in [0.2, 0.25) is 10.0 Å². The third-order valence-corrected chi connectivity index (χ3v) is 6.07. The fourth-order valence-electron chi connectivity index (χ4n) is 2.16. The van der Waals surface area contributed by atoms with Gasteiger partial charge in [0, 0.05) is 16.6 Å². The molecule has 0 aliphatic carbocycles. The zero-order chi connectivity index (χ0) is 20.2. The van der Waals surface area contributed by atoms with E-state index >= 15 is 0 Å². The molecule has 0 fully saturated rings. The second kappa shape index (κ2) is 8.64. The minimum Gasteiger partial charge on any atom is -0.448 e. The van der Waals surface area contributed by atoms with Gasteiger partial charge in [-0.1, -0.05) is 0 Å². The molecule has 0 aliphatic heterocycles. The molecule has 7 nitrogen and oxygen atoms in total. The normalized spacial score (nSPS) is 12.6. The van der Waals surface area contributed by atoms with Crippen LogP contribution < -0.4 is 10.0 Å². The van der Waals surface area contributed by atoms with Crippen LogP contribution in [0.3, 0.4) is 0 Å². The number of aryl methyl sites for hydroxylation is 1. The number of anilines is 1. The maximum absolute atomic E-state index is 12.2. The van der Waals surface area contributed by atoms with Gasteiger partial charge in [-0.2, -0.15) is 0 Å². The standard InChI is InChI=1S/C18H22N2O5S2/c1-11(2)20-27(23,24)15-8-6-14(7-9-15)19-17(21)13(4)25-18(22)16-10-5-12(3)26-16/h5-11,13,20H,1-4H3,(H,19,21)/t13-/m0/s1. The Morgan fingerprint density at radius 3 is 2.19 bits per heavy atom. The summed E-state index contributed by atoms with van der Waals surface area (Å²) in [5, 5.41) is 2.60. The average molecular weight is 411 g/mol. The summed E-state index contributed by atoms with van der Waals surface area (Å²) in [6.45, 7) is 6.80. The molecule has 27 heavy (non-hydrogen) atoms. The molecule has 1 aromatic heterocycles. The fraction of sp³-hybridized carbons (Fsp3) is 0.333. The number of carbonyl (C=O) groups is 2. The van der Waals surface area contributed by atoms with E-state index in [0.717, 1.165) is 4.88 Å². The highest BCUT2D eigenvalue weighted by atomic mass is 32.2. The largest absolute Gasteiger partial charge is 0.448 e. The maximum Gasteiger partial charge on any atom is 0.349 e. The Labute approximate surface area is 162 Å². The van der Waals surface area contributed by atoms with Crippen molar-refractivity contribution >= 4 is 38.9 Å². The Balaban J connectivity index is 1.98. The summed E-state index contributed by atoms with van der Waals surface area (Å²) in [6, 6.07) is 8.97. The van der Waals surface area contributed by atoms with Crippen molar-refractivity contribution in [2.75, 3.05) is 5.32 Å². The third-order valence-electron chi connectivity index (χ3n) is 3.42. The number of thiophene rings is 1. The van der Waals surface area contributed by atoms with Crippen LogP contribution in [-0.4, -0.2) is 32.4 Å². The number of nitrogens with one attached hydrogen (secondary N) is 2. The molecule has 0 unspecified atom stereocenters. The second-order valence-corrected chi connectivity index (χ2v) is 9.25. The molecule has 2 N–H and O–H groups in total. The molecule has 1 amide bonds. The molecule has 1 heterocycles. The Kier molecular flexibility index (Phi) is 6.74. The molecule has 0 bridgehead atoms. The molecular weight excluding hydrogens is 388 g/mol. The van der Waals surface area contributed by atoms with E-state index in [2.05, 4.69) is 10.0 Å². The van der Waals surface area contributed by atoms with Gasteiger partial charge < -0.3 is 10.1 Å². The van der Waals surface area contributed by atoms with Crippen LogP contribution in [0.2, 0.25) is 0 Å². The molecule has 0 spiro atoms. The van der Waals surface area contributed by atoms with Gasteiger partial charge in [-0.15, -0.1) is 11.3 Å². The number of hydrogen-bond acceptors (Lipinski definition) is 6. The first kappa shape index (κ1) is 21.1. The summed E-state index contributed by atoms with van der Waals surface area (Å²) >= 11 is 1.29. The lowest BCUT2D eigenvalue weighted by molar-refractivity contribution is -0.123. The van der Waals surface area contributed by atoms with Gasteiger partial charge in [0.25, 0.3) is 5.91 Å². The van der Waals surface area contributed by atoms with Crippen LogP contribution in [0.5, 0.6) is 0 Å². The van der Waals surface area contributed by atoms with Crippen LogP contribution in [0.15, 0.2) is 41.3 Å². The quantitative estimate of drug-likeness (QED) is 0.684. The van der Waals surface area contributed by atoms with Gasteiger partial charge in [-0.3, -0.25) is 4.79 Å². The molecule has 2 aromatic rings. The number of hydrogen-bond donors (Lipinski definition) is 2. The molecular formula is C18H22N2O5S2. The highest BCUT2D eigenvalue weighted by molar-refractivity contribution is 7.89. The maximum atomic E-state index is 12.2. The minimum absolute atomic E-state index is 0.0988. The van der Waals surface area contributed by atoms with E-state index in [-0.39, 0.29) is 10.9 Å². The van der Waals surface area contributed by atoms with Crippen LogP contribution in [0.4, 0.5) is 5.69 Å². The van der Waals surface area contributed by atoms with Crippen molar-refractivity contribution in [2.45, 2.75) is 44.7 Å². The van der Waals surface area contributed by atoms with Gasteiger partial charge in [-0.25, -0.2) is 17.9 Å². The van der Waals surface area contributed by atoms with Crippen molar-refractivity contribution in [3.8, 4) is 0 Å². The van der Waals surface area contributed by atoms with Gasteiger partial charge in [0.05, 0.1) is 4.90 Å². The summed E-state index contributed by atoms with van der Waals surface area (Å²) < 4.78 is 31.8. The molecule has 9 heteroatoms. The molecule has 2 rings (SSSR count). The Bertz CT molecular complexity index is 917. The predicted molar refractivity (Wildman–Crippen MR) is 104 cm³/mol. The molecule has 0 radical (unpaired) electrons. The van der Waals surface area contributed by atoms with Crippen molar-refractivity contribution in [3.05, 3.63) is 46.2 Å². The minimum atomic E-state index is -3.60. The Morgan fingerprint density at radius 2 is 1.67 bits per heavy atom. The smallest absolute Gasteiger partial charge is 0.349 e. The summed E-state index contributed by atoms with van der Waals surface area (Å²) in [6.07, 6.45) is -0.995. The number of esters is 1. The van der Waals surface area contributed by atoms with Gasteiger partial charge in [-0.05, 0) is 64.1 Å². The fourth-order valence-corrected chi connectivity index (χ4v) is 4.16. The number of amides is 1. The van der Waals surface area contributed by atoms with E-state index in [1.54, 1.807) is 26.0 Å². The van der Waals surface area contributed by atoms with Crippen LogP contribution in [0.25, 0.3) is 0 Å². The zero-order valence-corrected chi connectivity index (χ0v) is 17.1. The third kappa shape index (κ3) is 5.88.